The van der Waals surface area contributed by atoms with Crippen molar-refractivity contribution in [2.24, 2.45) is 0 Å². The highest BCUT2D eigenvalue weighted by atomic mass is 35.5. The summed E-state index contributed by atoms with van der Waals surface area (Å²) >= 11 is 7.73. The van der Waals surface area contributed by atoms with Gasteiger partial charge in [0.1, 0.15) is 0 Å². The molecule has 0 bridgehead atoms. The van der Waals surface area contributed by atoms with Crippen LogP contribution < -0.4 is 5.73 Å². The van der Waals surface area contributed by atoms with E-state index in [0.717, 1.165) is 21.9 Å². The zero-order valence-electron chi connectivity index (χ0n) is 11.1. The molecule has 5 heteroatoms. The van der Waals surface area contributed by atoms with Crippen molar-refractivity contribution < 1.29 is 4.52 Å². The summed E-state index contributed by atoms with van der Waals surface area (Å²) in [6.45, 7) is 0. The van der Waals surface area contributed by atoms with E-state index in [0.29, 0.717) is 16.5 Å². The maximum Gasteiger partial charge on any atom is 0.167 e. The second kappa shape index (κ2) is 6.24. The number of rotatable bonds is 4. The molecule has 0 fully saturated rings. The molecule has 0 radical (unpaired) electrons. The van der Waals surface area contributed by atoms with Gasteiger partial charge < -0.3 is 10.3 Å². The molecule has 0 aliphatic rings. The Morgan fingerprint density at radius 3 is 2.71 bits per heavy atom. The van der Waals surface area contributed by atoms with Gasteiger partial charge in [-0.15, -0.1) is 11.8 Å². The fourth-order valence-corrected chi connectivity index (χ4v) is 3.05. The minimum atomic E-state index is 0.680. The Kier molecular flexibility index (Phi) is 4.18. The number of hydrogen-bond donors (Lipinski definition) is 1. The fraction of sp³-hybridized carbons (Fsp3) is 0.0625. The Balaban J connectivity index is 1.72. The van der Waals surface area contributed by atoms with Crippen LogP contribution in [0, 0.1) is 0 Å². The first-order valence-corrected chi connectivity index (χ1v) is 7.77. The molecule has 3 aromatic rings. The third kappa shape index (κ3) is 3.40. The molecule has 106 valence electrons. The second-order valence-corrected chi connectivity index (χ2v) is 5.95. The number of nitrogens with two attached hydrogens (primary N) is 1. The van der Waals surface area contributed by atoms with Crippen molar-refractivity contribution in [3.63, 3.8) is 0 Å². The van der Waals surface area contributed by atoms with Crippen LogP contribution in [-0.2, 0) is 5.75 Å². The minimum absolute atomic E-state index is 0.680. The second-order valence-electron chi connectivity index (χ2n) is 4.53. The number of hydrogen-bond acceptors (Lipinski definition) is 4. The number of anilines is 1. The van der Waals surface area contributed by atoms with E-state index in [1.807, 2.05) is 42.5 Å². The molecule has 2 N–H and O–H groups in total. The van der Waals surface area contributed by atoms with E-state index in [2.05, 4.69) is 5.16 Å². The largest absolute Gasteiger partial charge is 0.399 e. The van der Waals surface area contributed by atoms with Gasteiger partial charge in [-0.05, 0) is 18.2 Å². The number of nitrogen functional groups attached to an aromatic ring is 1. The van der Waals surface area contributed by atoms with Gasteiger partial charge >= 0.3 is 0 Å². The molecule has 21 heavy (non-hydrogen) atoms. The van der Waals surface area contributed by atoms with Crippen molar-refractivity contribution in [2.45, 2.75) is 10.6 Å². The van der Waals surface area contributed by atoms with Crippen LogP contribution >= 0.6 is 23.4 Å². The van der Waals surface area contributed by atoms with Crippen molar-refractivity contribution in [3.05, 3.63) is 65.3 Å². The quantitative estimate of drug-likeness (QED) is 0.551. The van der Waals surface area contributed by atoms with Crippen molar-refractivity contribution in [3.8, 4) is 11.3 Å². The third-order valence-corrected chi connectivity index (χ3v) is 4.48. The van der Waals surface area contributed by atoms with Gasteiger partial charge in [-0.3, -0.25) is 0 Å². The molecule has 3 rings (SSSR count). The Morgan fingerprint density at radius 1 is 1.10 bits per heavy atom. The standard InChI is InChI=1S/C16H13ClN2OS/c17-14-7-6-12(18)8-16(14)21-10-13-9-15(20-19-13)11-4-2-1-3-5-11/h1-9H,10,18H2. The summed E-state index contributed by atoms with van der Waals surface area (Å²) in [6, 6.07) is 17.3. The molecule has 2 aromatic carbocycles. The lowest BCUT2D eigenvalue weighted by atomic mass is 10.2. The molecular weight excluding hydrogens is 304 g/mol. The van der Waals surface area contributed by atoms with Crippen LogP contribution in [-0.4, -0.2) is 5.16 Å². The summed E-state index contributed by atoms with van der Waals surface area (Å²) in [5.41, 5.74) is 8.36. The van der Waals surface area contributed by atoms with Gasteiger partial charge in [0.15, 0.2) is 5.76 Å². The van der Waals surface area contributed by atoms with Crippen LogP contribution in [0.25, 0.3) is 11.3 Å². The number of thioether (sulfide) groups is 1. The lowest BCUT2D eigenvalue weighted by Crippen LogP contribution is -1.86. The molecule has 3 nitrogen and oxygen atoms in total. The summed E-state index contributed by atoms with van der Waals surface area (Å²) in [5, 5.41) is 4.78. The van der Waals surface area contributed by atoms with Gasteiger partial charge in [-0.25, -0.2) is 0 Å². The van der Waals surface area contributed by atoms with Crippen LogP contribution in [0.4, 0.5) is 5.69 Å². The van der Waals surface area contributed by atoms with Gasteiger partial charge in [0.05, 0.1) is 10.7 Å². The predicted octanol–water partition coefficient (Wildman–Crippen LogP) is 4.87. The van der Waals surface area contributed by atoms with E-state index in [4.69, 9.17) is 21.9 Å². The summed E-state index contributed by atoms with van der Waals surface area (Å²) in [7, 11) is 0. The normalized spacial score (nSPS) is 10.7. The molecule has 0 spiro atoms. The summed E-state index contributed by atoms with van der Waals surface area (Å²) in [5.74, 6) is 1.45. The first kappa shape index (κ1) is 14.0. The third-order valence-electron chi connectivity index (χ3n) is 2.95. The molecule has 1 aromatic heterocycles. The fourth-order valence-electron chi connectivity index (χ4n) is 1.90. The molecule has 0 saturated heterocycles. The summed E-state index contributed by atoms with van der Waals surface area (Å²) < 4.78 is 5.37. The van der Waals surface area contributed by atoms with Gasteiger partial charge in [-0.1, -0.05) is 47.1 Å². The van der Waals surface area contributed by atoms with E-state index in [9.17, 15) is 0 Å². The number of aromatic nitrogens is 1. The van der Waals surface area contributed by atoms with Crippen LogP contribution in [0.5, 0.6) is 0 Å². The van der Waals surface area contributed by atoms with Gasteiger partial charge in [0.2, 0.25) is 0 Å². The molecule has 0 aliphatic carbocycles. The average molecular weight is 317 g/mol. The Labute approximate surface area is 132 Å². The van der Waals surface area contributed by atoms with Crippen molar-refractivity contribution >= 4 is 29.1 Å². The molecular formula is C16H13ClN2OS. The van der Waals surface area contributed by atoms with Gasteiger partial charge in [-0.2, -0.15) is 0 Å². The first-order valence-electron chi connectivity index (χ1n) is 6.41. The zero-order valence-corrected chi connectivity index (χ0v) is 12.7. The first-order chi connectivity index (χ1) is 10.2. The van der Waals surface area contributed by atoms with Crippen LogP contribution in [0.1, 0.15) is 5.69 Å². The maximum atomic E-state index is 6.14. The lowest BCUT2D eigenvalue weighted by Gasteiger charge is -2.03. The highest BCUT2D eigenvalue weighted by Crippen LogP contribution is 2.32. The van der Waals surface area contributed by atoms with E-state index in [-0.39, 0.29) is 0 Å². The SMILES string of the molecule is Nc1ccc(Cl)c(SCc2cc(-c3ccccc3)on2)c1. The molecule has 0 saturated carbocycles. The molecule has 0 unspecified atom stereocenters. The van der Waals surface area contributed by atoms with Crippen molar-refractivity contribution in [2.75, 3.05) is 5.73 Å². The Hall–Kier alpha value is -1.91. The molecule has 0 amide bonds. The Bertz CT molecular complexity index is 743. The summed E-state index contributed by atoms with van der Waals surface area (Å²) in [4.78, 5) is 0.945. The highest BCUT2D eigenvalue weighted by molar-refractivity contribution is 7.98. The van der Waals surface area contributed by atoms with E-state index in [1.165, 1.54) is 0 Å². The maximum absolute atomic E-state index is 6.14. The number of halogens is 1. The van der Waals surface area contributed by atoms with Crippen molar-refractivity contribution in [1.82, 2.24) is 5.16 Å². The molecule has 1 heterocycles. The topological polar surface area (TPSA) is 52.0 Å². The lowest BCUT2D eigenvalue weighted by molar-refractivity contribution is 0.426. The monoisotopic (exact) mass is 316 g/mol. The van der Waals surface area contributed by atoms with Crippen LogP contribution in [0.2, 0.25) is 5.02 Å². The summed E-state index contributed by atoms with van der Waals surface area (Å²) in [6.07, 6.45) is 0. The highest BCUT2D eigenvalue weighted by Gasteiger charge is 2.08. The van der Waals surface area contributed by atoms with Crippen LogP contribution in [0.15, 0.2) is 64.0 Å². The molecule has 0 atom stereocenters. The van der Waals surface area contributed by atoms with E-state index < -0.39 is 0 Å². The predicted molar refractivity (Wildman–Crippen MR) is 87.4 cm³/mol. The number of benzene rings is 2. The minimum Gasteiger partial charge on any atom is -0.399 e. The average Bonchev–Trinajstić information content (AvgIpc) is 2.98. The van der Waals surface area contributed by atoms with Crippen LogP contribution in [0.3, 0.4) is 0 Å². The van der Waals surface area contributed by atoms with Gasteiger partial charge in [0.25, 0.3) is 0 Å². The van der Waals surface area contributed by atoms with E-state index >= 15 is 0 Å². The smallest absolute Gasteiger partial charge is 0.167 e. The molecule has 0 aliphatic heterocycles. The Morgan fingerprint density at radius 2 is 1.90 bits per heavy atom. The van der Waals surface area contributed by atoms with E-state index in [1.54, 1.807) is 23.9 Å². The van der Waals surface area contributed by atoms with Gasteiger partial charge in [0, 0.05) is 28.0 Å². The van der Waals surface area contributed by atoms with Crippen molar-refractivity contribution in [1.29, 1.82) is 0 Å². The number of nitrogens with zero attached hydrogens (tertiary/aromatic N) is 1. The zero-order chi connectivity index (χ0) is 14.7.